The highest BCUT2D eigenvalue weighted by atomic mass is 79.9. The molecule has 1 unspecified atom stereocenters. The molecule has 2 heterocycles. The number of hydrogen-bond donors (Lipinski definition) is 1. The van der Waals surface area contributed by atoms with Crippen LogP contribution in [0.5, 0.6) is 0 Å². The quantitative estimate of drug-likeness (QED) is 0.833. The van der Waals surface area contributed by atoms with Crippen LogP contribution in [0.15, 0.2) is 16.9 Å². The third kappa shape index (κ3) is 1.55. The molecule has 0 saturated heterocycles. The lowest BCUT2D eigenvalue weighted by Gasteiger charge is -2.19. The average Bonchev–Trinajstić information content (AvgIpc) is 2.45. The zero-order chi connectivity index (χ0) is 11.0. The number of fused-ring (bicyclic) bond motifs is 1. The second-order valence-corrected chi connectivity index (χ2v) is 4.19. The van der Waals surface area contributed by atoms with Crippen LogP contribution in [0.2, 0.25) is 0 Å². The summed E-state index contributed by atoms with van der Waals surface area (Å²) in [6.07, 6.45) is 1.51. The van der Waals surface area contributed by atoms with Gasteiger partial charge in [-0.05, 0) is 28.4 Å². The molecule has 1 aliphatic rings. The van der Waals surface area contributed by atoms with Crippen LogP contribution in [0.1, 0.15) is 35.5 Å². The van der Waals surface area contributed by atoms with Gasteiger partial charge >= 0.3 is 0 Å². The summed E-state index contributed by atoms with van der Waals surface area (Å²) in [7, 11) is 0. The fraction of sp³-hybridized carbons (Fsp3) is 0.400. The van der Waals surface area contributed by atoms with Crippen LogP contribution in [0, 0.1) is 0 Å². The molecule has 0 aliphatic carbocycles. The molecule has 15 heavy (non-hydrogen) atoms. The van der Waals surface area contributed by atoms with Crippen molar-refractivity contribution in [2.45, 2.75) is 19.6 Å². The summed E-state index contributed by atoms with van der Waals surface area (Å²) >= 11 is 3.24. The normalized spacial score (nSPS) is 19.5. The Morgan fingerprint density at radius 2 is 2.40 bits per heavy atom. The predicted octanol–water partition coefficient (Wildman–Crippen LogP) is 1.70. The number of carbonyl (C=O) groups is 1. The first-order chi connectivity index (χ1) is 7.16. The van der Waals surface area contributed by atoms with E-state index in [1.54, 1.807) is 12.3 Å². The Morgan fingerprint density at radius 1 is 1.67 bits per heavy atom. The number of aliphatic hydroxyl groups is 1. The van der Waals surface area contributed by atoms with E-state index in [1.165, 1.54) is 4.90 Å². The van der Waals surface area contributed by atoms with Crippen molar-refractivity contribution in [3.05, 3.63) is 28.0 Å². The van der Waals surface area contributed by atoms with Crippen molar-refractivity contribution < 1.29 is 9.90 Å². The summed E-state index contributed by atoms with van der Waals surface area (Å²) in [6.45, 7) is 2.53. The first kappa shape index (κ1) is 10.6. The Kier molecular flexibility index (Phi) is 2.75. The van der Waals surface area contributed by atoms with Gasteiger partial charge in [0.1, 0.15) is 4.60 Å². The van der Waals surface area contributed by atoms with Crippen LogP contribution < -0.4 is 0 Å². The van der Waals surface area contributed by atoms with Crippen LogP contribution in [0.25, 0.3) is 0 Å². The fourth-order valence-electron chi connectivity index (χ4n) is 1.77. The summed E-state index contributed by atoms with van der Waals surface area (Å²) in [5.74, 6) is -0.123. The minimum Gasteiger partial charge on any atom is -0.369 e. The summed E-state index contributed by atoms with van der Waals surface area (Å²) in [6, 6.07) is 1.64. The smallest absolute Gasteiger partial charge is 0.256 e. The number of hydrogen-bond acceptors (Lipinski definition) is 3. The lowest BCUT2D eigenvalue weighted by molar-refractivity contribution is 0.0173. The monoisotopic (exact) mass is 270 g/mol. The zero-order valence-corrected chi connectivity index (χ0v) is 9.86. The number of aromatic nitrogens is 1. The number of nitrogens with zero attached hydrogens (tertiary/aromatic N) is 2. The Labute approximate surface area is 96.1 Å². The number of halogens is 1. The lowest BCUT2D eigenvalue weighted by atomic mass is 10.2. The van der Waals surface area contributed by atoms with Crippen molar-refractivity contribution in [3.63, 3.8) is 0 Å². The molecule has 0 spiro atoms. The fourth-order valence-corrected chi connectivity index (χ4v) is 2.30. The minimum atomic E-state index is -0.865. The van der Waals surface area contributed by atoms with Crippen molar-refractivity contribution in [2.75, 3.05) is 6.54 Å². The van der Waals surface area contributed by atoms with Gasteiger partial charge < -0.3 is 10.0 Å². The Morgan fingerprint density at radius 3 is 3.00 bits per heavy atom. The maximum Gasteiger partial charge on any atom is 0.256 e. The molecule has 1 aromatic rings. The van der Waals surface area contributed by atoms with E-state index >= 15 is 0 Å². The van der Waals surface area contributed by atoms with Gasteiger partial charge in [0.15, 0.2) is 6.23 Å². The molecule has 1 atom stereocenters. The van der Waals surface area contributed by atoms with Gasteiger partial charge in [-0.15, -0.1) is 0 Å². The van der Waals surface area contributed by atoms with E-state index in [1.807, 2.05) is 6.92 Å². The van der Waals surface area contributed by atoms with Gasteiger partial charge in [-0.1, -0.05) is 6.92 Å². The van der Waals surface area contributed by atoms with Gasteiger partial charge in [0.2, 0.25) is 0 Å². The van der Waals surface area contributed by atoms with E-state index in [0.717, 1.165) is 6.42 Å². The van der Waals surface area contributed by atoms with E-state index < -0.39 is 6.23 Å². The van der Waals surface area contributed by atoms with Crippen molar-refractivity contribution in [1.82, 2.24) is 9.88 Å². The topological polar surface area (TPSA) is 53.4 Å². The third-order valence-corrected chi connectivity index (χ3v) is 3.08. The first-order valence-corrected chi connectivity index (χ1v) is 5.59. The third-order valence-electron chi connectivity index (χ3n) is 2.45. The molecule has 2 rings (SSSR count). The molecule has 1 aliphatic heterocycles. The second kappa shape index (κ2) is 3.90. The summed E-state index contributed by atoms with van der Waals surface area (Å²) < 4.78 is 0.541. The first-order valence-electron chi connectivity index (χ1n) is 4.80. The maximum atomic E-state index is 11.9. The van der Waals surface area contributed by atoms with Crippen molar-refractivity contribution >= 4 is 21.8 Å². The van der Waals surface area contributed by atoms with E-state index in [0.29, 0.717) is 22.3 Å². The highest BCUT2D eigenvalue weighted by molar-refractivity contribution is 9.10. The summed E-state index contributed by atoms with van der Waals surface area (Å²) in [5, 5.41) is 9.96. The van der Waals surface area contributed by atoms with E-state index in [9.17, 15) is 9.90 Å². The molecule has 1 N–H and O–H groups in total. The van der Waals surface area contributed by atoms with Gasteiger partial charge in [0.25, 0.3) is 5.91 Å². The predicted molar refractivity (Wildman–Crippen MR) is 58.2 cm³/mol. The lowest BCUT2D eigenvalue weighted by Crippen LogP contribution is -2.28. The Hall–Kier alpha value is -0.940. The SMILES string of the molecule is CCCN1C(=O)c2ccnc(Br)c2C1O. The number of pyridine rings is 1. The highest BCUT2D eigenvalue weighted by Gasteiger charge is 2.36. The van der Waals surface area contributed by atoms with Crippen LogP contribution in [0.4, 0.5) is 0 Å². The zero-order valence-electron chi connectivity index (χ0n) is 8.27. The molecule has 80 valence electrons. The summed E-state index contributed by atoms with van der Waals surface area (Å²) in [5.41, 5.74) is 1.12. The molecular formula is C10H11BrN2O2. The van der Waals surface area contributed by atoms with Gasteiger partial charge in [-0.25, -0.2) is 4.98 Å². The number of carbonyl (C=O) groups excluding carboxylic acids is 1. The summed E-state index contributed by atoms with van der Waals surface area (Å²) in [4.78, 5) is 17.3. The maximum absolute atomic E-state index is 11.9. The standard InChI is InChI=1S/C10H11BrN2O2/c1-2-5-13-9(14)6-3-4-12-8(11)7(6)10(13)15/h3-4,10,15H,2,5H2,1H3. The van der Waals surface area contributed by atoms with Crippen molar-refractivity contribution in [3.8, 4) is 0 Å². The van der Waals surface area contributed by atoms with Crippen LogP contribution >= 0.6 is 15.9 Å². The Bertz CT molecular complexity index is 408. The van der Waals surface area contributed by atoms with Gasteiger partial charge in [-0.3, -0.25) is 4.79 Å². The van der Waals surface area contributed by atoms with Crippen LogP contribution in [-0.2, 0) is 0 Å². The number of amides is 1. The molecule has 1 aromatic heterocycles. The van der Waals surface area contributed by atoms with Crippen LogP contribution in [0.3, 0.4) is 0 Å². The molecule has 1 amide bonds. The number of aliphatic hydroxyl groups excluding tert-OH is 1. The largest absolute Gasteiger partial charge is 0.369 e. The molecule has 0 bridgehead atoms. The van der Waals surface area contributed by atoms with Gasteiger partial charge in [-0.2, -0.15) is 0 Å². The molecule has 0 saturated carbocycles. The van der Waals surface area contributed by atoms with Crippen molar-refractivity contribution in [1.29, 1.82) is 0 Å². The highest BCUT2D eigenvalue weighted by Crippen LogP contribution is 2.35. The van der Waals surface area contributed by atoms with E-state index in [4.69, 9.17) is 0 Å². The molecule has 0 aromatic carbocycles. The number of rotatable bonds is 2. The molecule has 0 fully saturated rings. The molecule has 4 nitrogen and oxygen atoms in total. The average molecular weight is 271 g/mol. The van der Waals surface area contributed by atoms with Crippen molar-refractivity contribution in [2.24, 2.45) is 0 Å². The molecular weight excluding hydrogens is 260 g/mol. The second-order valence-electron chi connectivity index (χ2n) is 3.44. The van der Waals surface area contributed by atoms with E-state index in [-0.39, 0.29) is 5.91 Å². The Balaban J connectivity index is 2.46. The minimum absolute atomic E-state index is 0.123. The van der Waals surface area contributed by atoms with Crippen LogP contribution in [-0.4, -0.2) is 27.4 Å². The molecule has 0 radical (unpaired) electrons. The van der Waals surface area contributed by atoms with E-state index in [2.05, 4.69) is 20.9 Å². The van der Waals surface area contributed by atoms with Gasteiger partial charge in [0.05, 0.1) is 5.56 Å². The molecule has 5 heteroatoms. The van der Waals surface area contributed by atoms with Gasteiger partial charge in [0, 0.05) is 18.3 Å².